The van der Waals surface area contributed by atoms with Crippen LogP contribution in [0.2, 0.25) is 0 Å². The van der Waals surface area contributed by atoms with Crippen molar-refractivity contribution in [2.75, 3.05) is 39.9 Å². The lowest BCUT2D eigenvalue weighted by Gasteiger charge is -2.33. The van der Waals surface area contributed by atoms with Gasteiger partial charge in [0.25, 0.3) is 0 Å². The zero-order chi connectivity index (χ0) is 20.1. The summed E-state index contributed by atoms with van der Waals surface area (Å²) >= 11 is 0. The van der Waals surface area contributed by atoms with E-state index in [2.05, 4.69) is 36.8 Å². The minimum Gasteiger partial charge on any atom is -0.465 e. The lowest BCUT2D eigenvalue weighted by Crippen LogP contribution is -2.46. The molecule has 3 aromatic heterocycles. The molecule has 0 amide bonds. The molecule has 1 aliphatic heterocycles. The predicted molar refractivity (Wildman–Crippen MR) is 125 cm³/mol. The molecule has 9 nitrogen and oxygen atoms in total. The summed E-state index contributed by atoms with van der Waals surface area (Å²) in [6.07, 6.45) is 1.95. The molecule has 1 fully saturated rings. The number of nitrogens with one attached hydrogen (secondary N) is 2. The van der Waals surface area contributed by atoms with Crippen LogP contribution in [0.15, 0.2) is 45.9 Å². The Labute approximate surface area is 192 Å². The number of ether oxygens (including phenoxy) is 1. The number of halogens is 1. The lowest BCUT2D eigenvalue weighted by molar-refractivity contribution is 0.0124. The zero-order valence-electron chi connectivity index (χ0n) is 17.2. The Morgan fingerprint density at radius 2 is 2.00 bits per heavy atom. The summed E-state index contributed by atoms with van der Waals surface area (Å²) < 4.78 is 13.4. The van der Waals surface area contributed by atoms with Crippen LogP contribution in [0.4, 0.5) is 0 Å². The van der Waals surface area contributed by atoms with E-state index in [1.807, 2.05) is 41.8 Å². The van der Waals surface area contributed by atoms with E-state index in [0.717, 1.165) is 49.3 Å². The van der Waals surface area contributed by atoms with Crippen LogP contribution in [0, 0.1) is 6.92 Å². The summed E-state index contributed by atoms with van der Waals surface area (Å²) in [5.74, 6) is 3.41. The summed E-state index contributed by atoms with van der Waals surface area (Å²) in [5, 5.41) is 15.2. The maximum atomic E-state index is 5.93. The van der Waals surface area contributed by atoms with E-state index < -0.39 is 0 Å². The van der Waals surface area contributed by atoms with Crippen LogP contribution in [0.25, 0.3) is 5.65 Å². The molecule has 2 N–H and O–H groups in total. The van der Waals surface area contributed by atoms with Crippen molar-refractivity contribution in [1.82, 2.24) is 30.1 Å². The number of hydrogen-bond acceptors (Lipinski definition) is 6. The highest BCUT2D eigenvalue weighted by molar-refractivity contribution is 14.0. The second-order valence-corrected chi connectivity index (χ2v) is 6.96. The third-order valence-corrected chi connectivity index (χ3v) is 5.06. The molecule has 1 atom stereocenters. The first-order valence-electron chi connectivity index (χ1n) is 9.86. The van der Waals surface area contributed by atoms with Gasteiger partial charge < -0.3 is 19.8 Å². The van der Waals surface area contributed by atoms with Crippen molar-refractivity contribution in [3.05, 3.63) is 53.9 Å². The number of pyridine rings is 1. The third kappa shape index (κ3) is 5.29. The first kappa shape index (κ1) is 22.5. The lowest BCUT2D eigenvalue weighted by atomic mass is 10.1. The number of hydrogen-bond donors (Lipinski definition) is 2. The van der Waals surface area contributed by atoms with Gasteiger partial charge in [0.1, 0.15) is 11.5 Å². The van der Waals surface area contributed by atoms with Crippen LogP contribution in [-0.2, 0) is 11.3 Å². The van der Waals surface area contributed by atoms with Gasteiger partial charge in [0.15, 0.2) is 17.4 Å². The van der Waals surface area contributed by atoms with Gasteiger partial charge >= 0.3 is 0 Å². The van der Waals surface area contributed by atoms with Gasteiger partial charge in [0.2, 0.25) is 0 Å². The minimum atomic E-state index is 0. The number of rotatable bonds is 6. The molecule has 4 heterocycles. The fourth-order valence-electron chi connectivity index (χ4n) is 3.52. The fraction of sp³-hybridized carbons (Fsp3) is 0.450. The fourth-order valence-corrected chi connectivity index (χ4v) is 3.52. The van der Waals surface area contributed by atoms with E-state index in [4.69, 9.17) is 9.15 Å². The van der Waals surface area contributed by atoms with Crippen molar-refractivity contribution in [1.29, 1.82) is 0 Å². The molecular weight excluding hydrogens is 497 g/mol. The Bertz CT molecular complexity index is 965. The summed E-state index contributed by atoms with van der Waals surface area (Å²) in [7, 11) is 1.76. The molecular formula is C20H28IN7O2. The monoisotopic (exact) mass is 525 g/mol. The van der Waals surface area contributed by atoms with Crippen molar-refractivity contribution >= 4 is 35.6 Å². The second-order valence-electron chi connectivity index (χ2n) is 6.96. The Balaban J connectivity index is 0.00000256. The van der Waals surface area contributed by atoms with Gasteiger partial charge in [-0.15, -0.1) is 34.2 Å². The quantitative estimate of drug-likeness (QED) is 0.289. The van der Waals surface area contributed by atoms with E-state index in [9.17, 15) is 0 Å². The summed E-state index contributed by atoms with van der Waals surface area (Å²) in [4.78, 5) is 6.73. The zero-order valence-corrected chi connectivity index (χ0v) is 19.6. The van der Waals surface area contributed by atoms with E-state index in [0.29, 0.717) is 19.0 Å². The number of fused-ring (bicyclic) bond motifs is 1. The van der Waals surface area contributed by atoms with Crippen molar-refractivity contribution in [3.63, 3.8) is 0 Å². The number of morpholine rings is 1. The van der Waals surface area contributed by atoms with Gasteiger partial charge in [-0.25, -0.2) is 0 Å². The minimum absolute atomic E-state index is 0. The van der Waals surface area contributed by atoms with E-state index in [1.165, 1.54) is 0 Å². The smallest absolute Gasteiger partial charge is 0.191 e. The van der Waals surface area contributed by atoms with E-state index >= 15 is 0 Å². The highest BCUT2D eigenvalue weighted by Gasteiger charge is 2.25. The molecule has 0 radical (unpaired) electrons. The van der Waals surface area contributed by atoms with E-state index in [1.54, 1.807) is 7.05 Å². The number of guanidine groups is 1. The number of aromatic nitrogens is 3. The topological polar surface area (TPSA) is 92.2 Å². The third-order valence-electron chi connectivity index (χ3n) is 5.06. The Hall–Kier alpha value is -2.18. The average molecular weight is 525 g/mol. The predicted octanol–water partition coefficient (Wildman–Crippen LogP) is 1.99. The van der Waals surface area contributed by atoms with Crippen LogP contribution in [-0.4, -0.2) is 65.4 Å². The molecule has 0 aromatic carbocycles. The van der Waals surface area contributed by atoms with Crippen LogP contribution < -0.4 is 10.6 Å². The maximum Gasteiger partial charge on any atom is 0.191 e. The van der Waals surface area contributed by atoms with Crippen molar-refractivity contribution in [2.24, 2.45) is 4.99 Å². The van der Waals surface area contributed by atoms with Crippen molar-refractivity contribution < 1.29 is 9.15 Å². The van der Waals surface area contributed by atoms with Crippen LogP contribution >= 0.6 is 24.0 Å². The maximum absolute atomic E-state index is 5.93. The van der Waals surface area contributed by atoms with Gasteiger partial charge in [-0.2, -0.15) is 0 Å². The number of aliphatic imine (C=N–C) groups is 1. The van der Waals surface area contributed by atoms with Gasteiger partial charge in [0.05, 0.1) is 25.8 Å². The first-order chi connectivity index (χ1) is 14.2. The molecule has 0 aliphatic carbocycles. The summed E-state index contributed by atoms with van der Waals surface area (Å²) in [6, 6.07) is 10.0. The van der Waals surface area contributed by atoms with Gasteiger partial charge in [0, 0.05) is 32.9 Å². The Morgan fingerprint density at radius 1 is 1.17 bits per heavy atom. The second kappa shape index (κ2) is 10.7. The normalized spacial score (nSPS) is 16.3. The number of nitrogens with zero attached hydrogens (tertiary/aromatic N) is 5. The molecule has 10 heteroatoms. The first-order valence-corrected chi connectivity index (χ1v) is 9.86. The molecule has 162 valence electrons. The standard InChI is InChI=1S/C20H27N7O2.HI/c1-15-6-7-17(29-15)16(26-9-11-28-12-10-26)13-22-20(21-2)23-14-19-25-24-18-5-3-4-8-27(18)19;/h3-8,16H,9-14H2,1-2H3,(H2,21,22,23);1H. The van der Waals surface area contributed by atoms with Crippen molar-refractivity contribution in [2.45, 2.75) is 19.5 Å². The highest BCUT2D eigenvalue weighted by atomic mass is 127. The molecule has 30 heavy (non-hydrogen) atoms. The summed E-state index contributed by atoms with van der Waals surface area (Å²) in [5.41, 5.74) is 0.827. The molecule has 1 saturated heterocycles. The average Bonchev–Trinajstić information content (AvgIpc) is 3.37. The molecule has 0 bridgehead atoms. The molecule has 0 saturated carbocycles. The molecule has 1 unspecified atom stereocenters. The SMILES string of the molecule is CN=C(NCc1nnc2ccccn12)NCC(c1ccc(C)o1)N1CCOCC1.I. The number of aryl methyl sites for hydroxylation is 1. The molecule has 4 rings (SSSR count). The molecule has 3 aromatic rings. The van der Waals surface area contributed by atoms with Crippen LogP contribution in [0.1, 0.15) is 23.4 Å². The largest absolute Gasteiger partial charge is 0.465 e. The van der Waals surface area contributed by atoms with Crippen LogP contribution in [0.5, 0.6) is 0 Å². The van der Waals surface area contributed by atoms with Crippen LogP contribution in [0.3, 0.4) is 0 Å². The highest BCUT2D eigenvalue weighted by Crippen LogP contribution is 2.23. The van der Waals surface area contributed by atoms with E-state index in [-0.39, 0.29) is 30.0 Å². The summed E-state index contributed by atoms with van der Waals surface area (Å²) in [6.45, 7) is 6.40. The number of furan rings is 1. The van der Waals surface area contributed by atoms with Gasteiger partial charge in [-0.1, -0.05) is 6.07 Å². The Kier molecular flexibility index (Phi) is 8.05. The Morgan fingerprint density at radius 3 is 2.73 bits per heavy atom. The molecule has 0 spiro atoms. The van der Waals surface area contributed by atoms with Gasteiger partial charge in [-0.3, -0.25) is 14.3 Å². The van der Waals surface area contributed by atoms with Crippen molar-refractivity contribution in [3.8, 4) is 0 Å². The van der Waals surface area contributed by atoms with Gasteiger partial charge in [-0.05, 0) is 31.2 Å². The molecule has 1 aliphatic rings.